The summed E-state index contributed by atoms with van der Waals surface area (Å²) < 4.78 is 1.10. The van der Waals surface area contributed by atoms with Crippen LogP contribution in [0.3, 0.4) is 0 Å². The van der Waals surface area contributed by atoms with Crippen LogP contribution in [0.25, 0.3) is 0 Å². The Morgan fingerprint density at radius 2 is 2.37 bits per heavy atom. The molecule has 0 saturated carbocycles. The summed E-state index contributed by atoms with van der Waals surface area (Å²) in [7, 11) is 1.70. The Morgan fingerprint density at radius 1 is 1.63 bits per heavy atom. The zero-order valence-corrected chi connectivity index (χ0v) is 13.6. The molecule has 0 radical (unpaired) electrons. The molecule has 2 rings (SSSR count). The summed E-state index contributed by atoms with van der Waals surface area (Å²) in [6, 6.07) is 4.20. The molecule has 1 aliphatic heterocycles. The first-order valence-electron chi connectivity index (χ1n) is 6.52. The van der Waals surface area contributed by atoms with Gasteiger partial charge >= 0.3 is 0 Å². The van der Waals surface area contributed by atoms with Crippen LogP contribution in [0.5, 0.6) is 0 Å². The van der Waals surface area contributed by atoms with E-state index in [1.807, 2.05) is 13.0 Å². The highest BCUT2D eigenvalue weighted by Gasteiger charge is 2.37. The van der Waals surface area contributed by atoms with Crippen molar-refractivity contribution in [3.63, 3.8) is 0 Å². The zero-order valence-electron chi connectivity index (χ0n) is 11.2. The molecule has 2 heterocycles. The third-order valence-electron chi connectivity index (χ3n) is 3.58. The third-order valence-corrected chi connectivity index (χ3v) is 5.28. The number of amides is 1. The quantitative estimate of drug-likeness (QED) is 0.878. The van der Waals surface area contributed by atoms with E-state index < -0.39 is 0 Å². The van der Waals surface area contributed by atoms with Crippen LogP contribution in [0.4, 0.5) is 0 Å². The largest absolute Gasteiger partial charge is 0.358 e. The van der Waals surface area contributed by atoms with Gasteiger partial charge in [-0.3, -0.25) is 9.69 Å². The molecule has 0 aromatic carbocycles. The number of nitrogens with two attached hydrogens (primary N) is 1. The number of nitrogens with one attached hydrogen (secondary N) is 1. The molecule has 1 amide bonds. The lowest BCUT2D eigenvalue weighted by Gasteiger charge is -2.34. The van der Waals surface area contributed by atoms with E-state index in [1.54, 1.807) is 18.4 Å². The SMILES string of the molecule is CNC(=O)C1CCCN1C(c1ccc(Br)s1)C(C)N. The molecule has 3 unspecified atom stereocenters. The summed E-state index contributed by atoms with van der Waals surface area (Å²) in [4.78, 5) is 15.5. The number of carbonyl (C=O) groups is 1. The summed E-state index contributed by atoms with van der Waals surface area (Å²) in [5.41, 5.74) is 6.18. The second kappa shape index (κ2) is 6.35. The molecular weight excluding hydrogens is 326 g/mol. The molecule has 106 valence electrons. The van der Waals surface area contributed by atoms with Crippen molar-refractivity contribution in [3.05, 3.63) is 20.8 Å². The second-order valence-electron chi connectivity index (χ2n) is 4.96. The van der Waals surface area contributed by atoms with Gasteiger partial charge in [0.2, 0.25) is 5.91 Å². The van der Waals surface area contributed by atoms with Gasteiger partial charge in [-0.15, -0.1) is 11.3 Å². The number of hydrogen-bond donors (Lipinski definition) is 2. The monoisotopic (exact) mass is 345 g/mol. The fourth-order valence-corrected chi connectivity index (χ4v) is 4.44. The van der Waals surface area contributed by atoms with Crippen LogP contribution in [0.1, 0.15) is 30.7 Å². The molecule has 0 bridgehead atoms. The Labute approximate surface area is 126 Å². The minimum absolute atomic E-state index is 0.00388. The lowest BCUT2D eigenvalue weighted by Crippen LogP contribution is -2.47. The fraction of sp³-hybridized carbons (Fsp3) is 0.615. The van der Waals surface area contributed by atoms with Crippen molar-refractivity contribution in [1.29, 1.82) is 0 Å². The Hall–Kier alpha value is -0.430. The van der Waals surface area contributed by atoms with Gasteiger partial charge in [-0.2, -0.15) is 0 Å². The predicted octanol–water partition coefficient (Wildman–Crippen LogP) is 2.11. The topological polar surface area (TPSA) is 58.4 Å². The maximum absolute atomic E-state index is 12.0. The van der Waals surface area contributed by atoms with Gasteiger partial charge < -0.3 is 11.1 Å². The van der Waals surface area contributed by atoms with E-state index in [4.69, 9.17) is 5.73 Å². The molecule has 1 aromatic heterocycles. The summed E-state index contributed by atoms with van der Waals surface area (Å²) in [5.74, 6) is 0.0961. The van der Waals surface area contributed by atoms with Gasteiger partial charge in [0, 0.05) is 18.0 Å². The van der Waals surface area contributed by atoms with Crippen molar-refractivity contribution in [2.75, 3.05) is 13.6 Å². The molecule has 3 atom stereocenters. The number of halogens is 1. The van der Waals surface area contributed by atoms with Crippen molar-refractivity contribution < 1.29 is 4.79 Å². The average molecular weight is 346 g/mol. The molecule has 0 spiro atoms. The first-order chi connectivity index (χ1) is 9.04. The highest BCUT2D eigenvalue weighted by atomic mass is 79.9. The molecule has 1 saturated heterocycles. The third kappa shape index (κ3) is 3.18. The Kier molecular flexibility index (Phi) is 5.00. The molecule has 19 heavy (non-hydrogen) atoms. The normalized spacial score (nSPS) is 23.3. The minimum Gasteiger partial charge on any atom is -0.358 e. The lowest BCUT2D eigenvalue weighted by atomic mass is 10.1. The Morgan fingerprint density at radius 3 is 2.89 bits per heavy atom. The van der Waals surface area contributed by atoms with E-state index in [0.717, 1.165) is 23.2 Å². The van der Waals surface area contributed by atoms with Crippen molar-refractivity contribution in [2.24, 2.45) is 5.73 Å². The average Bonchev–Trinajstić information content (AvgIpc) is 2.98. The number of rotatable bonds is 4. The smallest absolute Gasteiger partial charge is 0.237 e. The van der Waals surface area contributed by atoms with E-state index in [9.17, 15) is 4.79 Å². The van der Waals surface area contributed by atoms with E-state index >= 15 is 0 Å². The summed E-state index contributed by atoms with van der Waals surface area (Å²) in [6.45, 7) is 2.94. The standard InChI is InChI=1S/C13H20BrN3OS/c1-8(15)12(10-5-6-11(14)19-10)17-7-3-4-9(17)13(18)16-2/h5-6,8-9,12H,3-4,7,15H2,1-2H3,(H,16,18). The second-order valence-corrected chi connectivity index (χ2v) is 7.45. The van der Waals surface area contributed by atoms with Crippen molar-refractivity contribution in [1.82, 2.24) is 10.2 Å². The summed E-state index contributed by atoms with van der Waals surface area (Å²) in [6.07, 6.45) is 1.96. The van der Waals surface area contributed by atoms with Gasteiger partial charge in [0.05, 0.1) is 15.9 Å². The van der Waals surface area contributed by atoms with Crippen molar-refractivity contribution in [3.8, 4) is 0 Å². The first kappa shape index (κ1) is 15.0. The summed E-state index contributed by atoms with van der Waals surface area (Å²) in [5, 5.41) is 2.76. The highest BCUT2D eigenvalue weighted by molar-refractivity contribution is 9.11. The van der Waals surface area contributed by atoms with E-state index in [0.29, 0.717) is 0 Å². The molecule has 3 N–H and O–H groups in total. The molecule has 0 aliphatic carbocycles. The van der Waals surface area contributed by atoms with Crippen LogP contribution < -0.4 is 11.1 Å². The van der Waals surface area contributed by atoms with Crippen molar-refractivity contribution in [2.45, 2.75) is 37.9 Å². The number of thiophene rings is 1. The maximum atomic E-state index is 12.0. The number of carbonyl (C=O) groups excluding carboxylic acids is 1. The number of hydrogen-bond acceptors (Lipinski definition) is 4. The number of likely N-dealkylation sites (tertiary alicyclic amines) is 1. The summed E-state index contributed by atoms with van der Waals surface area (Å²) >= 11 is 5.19. The van der Waals surface area contributed by atoms with Gasteiger partial charge in [-0.25, -0.2) is 0 Å². The van der Waals surface area contributed by atoms with Crippen LogP contribution in [0, 0.1) is 0 Å². The molecule has 6 heteroatoms. The molecule has 1 aromatic rings. The molecular formula is C13H20BrN3OS. The number of likely N-dealkylation sites (N-methyl/N-ethyl adjacent to an activating group) is 1. The van der Waals surface area contributed by atoms with Crippen molar-refractivity contribution >= 4 is 33.2 Å². The van der Waals surface area contributed by atoms with E-state index in [1.165, 1.54) is 4.88 Å². The lowest BCUT2D eigenvalue weighted by molar-refractivity contribution is -0.125. The van der Waals surface area contributed by atoms with Crippen LogP contribution in [0.2, 0.25) is 0 Å². The molecule has 4 nitrogen and oxygen atoms in total. The van der Waals surface area contributed by atoms with Crippen LogP contribution in [-0.2, 0) is 4.79 Å². The minimum atomic E-state index is -0.0538. The van der Waals surface area contributed by atoms with Crippen LogP contribution >= 0.6 is 27.3 Å². The Bertz CT molecular complexity index is 449. The highest BCUT2D eigenvalue weighted by Crippen LogP contribution is 2.36. The molecule has 1 aliphatic rings. The van der Waals surface area contributed by atoms with E-state index in [2.05, 4.69) is 32.2 Å². The van der Waals surface area contributed by atoms with Crippen LogP contribution in [-0.4, -0.2) is 36.5 Å². The number of nitrogens with zero attached hydrogens (tertiary/aromatic N) is 1. The Balaban J connectivity index is 2.26. The predicted molar refractivity (Wildman–Crippen MR) is 82.2 cm³/mol. The van der Waals surface area contributed by atoms with Gasteiger partial charge in [0.15, 0.2) is 0 Å². The van der Waals surface area contributed by atoms with Crippen LogP contribution in [0.15, 0.2) is 15.9 Å². The van der Waals surface area contributed by atoms with Gasteiger partial charge in [0.25, 0.3) is 0 Å². The zero-order chi connectivity index (χ0) is 14.0. The van der Waals surface area contributed by atoms with Gasteiger partial charge in [-0.1, -0.05) is 0 Å². The maximum Gasteiger partial charge on any atom is 0.237 e. The fourth-order valence-electron chi connectivity index (χ4n) is 2.78. The van der Waals surface area contributed by atoms with E-state index in [-0.39, 0.29) is 24.0 Å². The first-order valence-corrected chi connectivity index (χ1v) is 8.13. The molecule has 1 fully saturated rings. The van der Waals surface area contributed by atoms with Gasteiger partial charge in [0.1, 0.15) is 0 Å². The van der Waals surface area contributed by atoms with Gasteiger partial charge in [-0.05, 0) is 54.4 Å².